The van der Waals surface area contributed by atoms with Crippen LogP contribution < -0.4 is 11.1 Å². The topological polar surface area (TPSA) is 72.2 Å². The molecule has 0 aromatic heterocycles. The van der Waals surface area contributed by atoms with Crippen LogP contribution in [0.25, 0.3) is 0 Å². The molecule has 0 heterocycles. The van der Waals surface area contributed by atoms with Crippen LogP contribution in [-0.2, 0) is 9.84 Å². The van der Waals surface area contributed by atoms with E-state index in [0.29, 0.717) is 0 Å². The molecule has 0 aliphatic rings. The first-order chi connectivity index (χ1) is 4.42. The van der Waals surface area contributed by atoms with E-state index in [1.807, 2.05) is 0 Å². The third kappa shape index (κ3) is 7.64. The van der Waals surface area contributed by atoms with E-state index < -0.39 is 9.84 Å². The minimum Gasteiger partial charge on any atom is -0.376 e. The molecule has 0 fully saturated rings. The minimum absolute atomic E-state index is 0.0599. The summed E-state index contributed by atoms with van der Waals surface area (Å²) in [7, 11) is -2.90. The van der Waals surface area contributed by atoms with Gasteiger partial charge in [-0.25, -0.2) is 8.42 Å². The Morgan fingerprint density at radius 2 is 2.20 bits per heavy atom. The van der Waals surface area contributed by atoms with Crippen molar-refractivity contribution >= 4 is 27.2 Å². The highest BCUT2D eigenvalue weighted by molar-refractivity contribution is 7.90. The van der Waals surface area contributed by atoms with Gasteiger partial charge in [0, 0.05) is 12.8 Å². The second-order valence-corrected chi connectivity index (χ2v) is 4.62. The van der Waals surface area contributed by atoms with Crippen LogP contribution in [0.15, 0.2) is 0 Å². The highest BCUT2D eigenvalue weighted by Crippen LogP contribution is 1.78. The standard InChI is InChI=1S/C4H10N2O2S2/c1-10(7,8)3-2-6-4(5)9/h2-3H2,1H3,(H3,5,6,9). The zero-order valence-electron chi connectivity index (χ0n) is 5.62. The number of hydrogen-bond donors (Lipinski definition) is 2. The zero-order chi connectivity index (χ0) is 8.20. The molecule has 0 bridgehead atoms. The summed E-state index contributed by atoms with van der Waals surface area (Å²) in [4.78, 5) is 0. The lowest BCUT2D eigenvalue weighted by molar-refractivity contribution is 0.600. The molecule has 0 saturated heterocycles. The Morgan fingerprint density at radius 1 is 1.70 bits per heavy atom. The van der Waals surface area contributed by atoms with Crippen LogP contribution in [-0.4, -0.2) is 32.1 Å². The number of sulfone groups is 1. The van der Waals surface area contributed by atoms with Crippen LogP contribution in [0.5, 0.6) is 0 Å². The van der Waals surface area contributed by atoms with Crippen LogP contribution in [0.2, 0.25) is 0 Å². The monoisotopic (exact) mass is 182 g/mol. The summed E-state index contributed by atoms with van der Waals surface area (Å²) in [5.41, 5.74) is 5.05. The summed E-state index contributed by atoms with van der Waals surface area (Å²) >= 11 is 4.46. The van der Waals surface area contributed by atoms with E-state index in [1.165, 1.54) is 0 Å². The van der Waals surface area contributed by atoms with E-state index in [0.717, 1.165) is 6.26 Å². The first kappa shape index (κ1) is 9.64. The fraction of sp³-hybridized carbons (Fsp3) is 0.750. The molecule has 0 radical (unpaired) electrons. The molecule has 0 rings (SSSR count). The largest absolute Gasteiger partial charge is 0.376 e. The number of hydrogen-bond acceptors (Lipinski definition) is 3. The molecule has 0 spiro atoms. The van der Waals surface area contributed by atoms with Gasteiger partial charge in [0.2, 0.25) is 0 Å². The Kier molecular flexibility index (Phi) is 3.59. The summed E-state index contributed by atoms with van der Waals surface area (Å²) in [6, 6.07) is 0. The van der Waals surface area contributed by atoms with Crippen molar-refractivity contribution in [3.63, 3.8) is 0 Å². The Labute approximate surface area is 65.7 Å². The van der Waals surface area contributed by atoms with Crippen LogP contribution >= 0.6 is 12.2 Å². The maximum absolute atomic E-state index is 10.5. The second-order valence-electron chi connectivity index (χ2n) is 1.92. The molecule has 10 heavy (non-hydrogen) atoms. The predicted octanol–water partition coefficient (Wildman–Crippen LogP) is -1.14. The van der Waals surface area contributed by atoms with Gasteiger partial charge in [0.1, 0.15) is 9.84 Å². The summed E-state index contributed by atoms with van der Waals surface area (Å²) in [6.07, 6.45) is 1.16. The lowest BCUT2D eigenvalue weighted by atomic mass is 10.7. The average Bonchev–Trinajstić information content (AvgIpc) is 1.59. The fourth-order valence-electron chi connectivity index (χ4n) is 0.360. The van der Waals surface area contributed by atoms with Crippen LogP contribution in [0.4, 0.5) is 0 Å². The van der Waals surface area contributed by atoms with E-state index in [4.69, 9.17) is 5.73 Å². The van der Waals surface area contributed by atoms with Crippen molar-refractivity contribution in [3.05, 3.63) is 0 Å². The molecule has 3 N–H and O–H groups in total. The Balaban J connectivity index is 3.49. The van der Waals surface area contributed by atoms with Gasteiger partial charge in [0.05, 0.1) is 5.75 Å². The minimum atomic E-state index is -2.90. The first-order valence-corrected chi connectivity index (χ1v) is 5.10. The molecule has 4 nitrogen and oxygen atoms in total. The smallest absolute Gasteiger partial charge is 0.163 e. The third-order valence-electron chi connectivity index (χ3n) is 0.772. The number of nitrogens with one attached hydrogen (secondary N) is 1. The van der Waals surface area contributed by atoms with Crippen LogP contribution in [0.3, 0.4) is 0 Å². The average molecular weight is 182 g/mol. The molecule has 60 valence electrons. The molecule has 0 aromatic carbocycles. The second kappa shape index (κ2) is 3.72. The molecule has 0 atom stereocenters. The third-order valence-corrected chi connectivity index (χ3v) is 1.86. The normalized spacial score (nSPS) is 10.9. The van der Waals surface area contributed by atoms with Gasteiger partial charge in [0.15, 0.2) is 5.11 Å². The first-order valence-electron chi connectivity index (χ1n) is 2.63. The van der Waals surface area contributed by atoms with Crippen molar-refractivity contribution in [2.24, 2.45) is 5.73 Å². The molecule has 0 amide bonds. The van der Waals surface area contributed by atoms with E-state index in [2.05, 4.69) is 17.5 Å². The van der Waals surface area contributed by atoms with Crippen molar-refractivity contribution in [2.45, 2.75) is 0 Å². The van der Waals surface area contributed by atoms with Crippen LogP contribution in [0.1, 0.15) is 0 Å². The lowest BCUT2D eigenvalue weighted by Crippen LogP contribution is -2.32. The number of thiocarbonyl (C=S) groups is 1. The van der Waals surface area contributed by atoms with E-state index >= 15 is 0 Å². The van der Waals surface area contributed by atoms with Crippen LogP contribution in [0, 0.1) is 0 Å². The van der Waals surface area contributed by atoms with Gasteiger partial charge >= 0.3 is 0 Å². The molecule has 0 aliphatic heterocycles. The van der Waals surface area contributed by atoms with Gasteiger partial charge in [-0.2, -0.15) is 0 Å². The summed E-state index contributed by atoms with van der Waals surface area (Å²) in [5.74, 6) is 0.0599. The van der Waals surface area contributed by atoms with Crippen molar-refractivity contribution in [3.8, 4) is 0 Å². The maximum Gasteiger partial charge on any atom is 0.163 e. The Morgan fingerprint density at radius 3 is 2.50 bits per heavy atom. The Bertz CT molecular complexity index is 209. The molecule has 6 heteroatoms. The van der Waals surface area contributed by atoms with Gasteiger partial charge < -0.3 is 11.1 Å². The molecular formula is C4H10N2O2S2. The van der Waals surface area contributed by atoms with Gasteiger partial charge in [0.25, 0.3) is 0 Å². The fourth-order valence-corrected chi connectivity index (χ4v) is 0.935. The number of nitrogens with two attached hydrogens (primary N) is 1. The van der Waals surface area contributed by atoms with Crippen molar-refractivity contribution in [1.29, 1.82) is 0 Å². The highest BCUT2D eigenvalue weighted by Gasteiger charge is 1.99. The van der Waals surface area contributed by atoms with Gasteiger partial charge in [-0.3, -0.25) is 0 Å². The van der Waals surface area contributed by atoms with Crippen molar-refractivity contribution in [2.75, 3.05) is 18.6 Å². The zero-order valence-corrected chi connectivity index (χ0v) is 7.26. The van der Waals surface area contributed by atoms with E-state index in [9.17, 15) is 8.42 Å². The molecular weight excluding hydrogens is 172 g/mol. The Hall–Kier alpha value is -0.360. The quantitative estimate of drug-likeness (QED) is 0.540. The van der Waals surface area contributed by atoms with E-state index in [-0.39, 0.29) is 17.4 Å². The molecule has 0 unspecified atom stereocenters. The SMILES string of the molecule is CS(=O)(=O)CCNC(N)=S. The van der Waals surface area contributed by atoms with E-state index in [1.54, 1.807) is 0 Å². The van der Waals surface area contributed by atoms with Gasteiger partial charge in [-0.15, -0.1) is 0 Å². The molecule has 0 aromatic rings. The van der Waals surface area contributed by atoms with Crippen molar-refractivity contribution in [1.82, 2.24) is 5.32 Å². The van der Waals surface area contributed by atoms with Gasteiger partial charge in [-0.05, 0) is 12.2 Å². The predicted molar refractivity (Wildman–Crippen MR) is 44.5 cm³/mol. The molecule has 0 aliphatic carbocycles. The molecule has 0 saturated carbocycles. The summed E-state index contributed by atoms with van der Waals surface area (Å²) in [6.45, 7) is 0.286. The maximum atomic E-state index is 10.5. The summed E-state index contributed by atoms with van der Waals surface area (Å²) in [5, 5.41) is 2.66. The van der Waals surface area contributed by atoms with Gasteiger partial charge in [-0.1, -0.05) is 0 Å². The lowest BCUT2D eigenvalue weighted by Gasteiger charge is -2.00. The summed E-state index contributed by atoms with van der Waals surface area (Å²) < 4.78 is 21.0. The highest BCUT2D eigenvalue weighted by atomic mass is 32.2. The van der Waals surface area contributed by atoms with Crippen molar-refractivity contribution < 1.29 is 8.42 Å². The number of rotatable bonds is 3.